The van der Waals surface area contributed by atoms with E-state index in [0.717, 1.165) is 30.0 Å². The van der Waals surface area contributed by atoms with E-state index in [4.69, 9.17) is 6.42 Å². The molecular formula is C19H27N7. The van der Waals surface area contributed by atoms with Gasteiger partial charge < -0.3 is 9.88 Å². The number of terminal acetylenes is 1. The predicted molar refractivity (Wildman–Crippen MR) is 104 cm³/mol. The van der Waals surface area contributed by atoms with Crippen LogP contribution >= 0.6 is 0 Å². The Balaban J connectivity index is 1.73. The number of imidazole rings is 1. The third-order valence-electron chi connectivity index (χ3n) is 4.79. The van der Waals surface area contributed by atoms with Crippen LogP contribution in [0.3, 0.4) is 0 Å². The molecule has 0 bridgehead atoms. The van der Waals surface area contributed by atoms with Gasteiger partial charge in [-0.25, -0.2) is 15.0 Å². The predicted octanol–water partition coefficient (Wildman–Crippen LogP) is 3.10. The minimum Gasteiger partial charge on any atom is -0.341 e. The summed E-state index contributed by atoms with van der Waals surface area (Å²) >= 11 is 0. The lowest BCUT2D eigenvalue weighted by Gasteiger charge is -2.28. The molecule has 7 heteroatoms. The summed E-state index contributed by atoms with van der Waals surface area (Å²) in [6, 6.07) is 2.53. The molecule has 3 rings (SSSR count). The molecule has 0 atom stereocenters. The quantitative estimate of drug-likeness (QED) is 0.453. The van der Waals surface area contributed by atoms with Crippen molar-refractivity contribution in [3.63, 3.8) is 0 Å². The molecule has 2 aromatic rings. The number of hydrazine groups is 1. The zero-order chi connectivity index (χ0) is 18.4. The van der Waals surface area contributed by atoms with Crippen molar-refractivity contribution in [2.75, 3.05) is 11.9 Å². The molecule has 2 N–H and O–H groups in total. The van der Waals surface area contributed by atoms with Gasteiger partial charge in [0.1, 0.15) is 6.33 Å². The van der Waals surface area contributed by atoms with Crippen LogP contribution in [-0.2, 0) is 6.54 Å². The van der Waals surface area contributed by atoms with Crippen LogP contribution in [0.5, 0.6) is 0 Å². The lowest BCUT2D eigenvalue weighted by atomic mass is 9.89. The van der Waals surface area contributed by atoms with Crippen LogP contribution in [0, 0.1) is 18.4 Å². The van der Waals surface area contributed by atoms with Crippen molar-refractivity contribution in [2.45, 2.75) is 52.5 Å². The van der Waals surface area contributed by atoms with Gasteiger partial charge in [-0.1, -0.05) is 25.7 Å². The van der Waals surface area contributed by atoms with Gasteiger partial charge in [0.2, 0.25) is 0 Å². The Kier molecular flexibility index (Phi) is 5.95. The fourth-order valence-corrected chi connectivity index (χ4v) is 3.52. The maximum atomic E-state index is 5.47. The first-order chi connectivity index (χ1) is 12.7. The van der Waals surface area contributed by atoms with E-state index in [2.05, 4.69) is 38.7 Å². The topological polar surface area (TPSA) is 70.9 Å². The van der Waals surface area contributed by atoms with Crippen molar-refractivity contribution in [2.24, 2.45) is 5.92 Å². The number of aryl methyl sites for hydroxylation is 1. The number of nitrogens with one attached hydrogen (secondary N) is 2. The molecule has 0 aromatic carbocycles. The Morgan fingerprint density at radius 3 is 2.88 bits per heavy atom. The van der Waals surface area contributed by atoms with Gasteiger partial charge in [-0.05, 0) is 32.6 Å². The SMILES string of the molecule is C#CNN(/C=C(\C)Nc1ncnc2c1ncn2CC)CC1CCCCC1. The third-order valence-corrected chi connectivity index (χ3v) is 4.79. The van der Waals surface area contributed by atoms with Crippen LogP contribution in [0.25, 0.3) is 11.2 Å². The molecule has 0 radical (unpaired) electrons. The van der Waals surface area contributed by atoms with Crippen LogP contribution in [0.1, 0.15) is 46.0 Å². The van der Waals surface area contributed by atoms with E-state index in [1.54, 1.807) is 12.7 Å². The summed E-state index contributed by atoms with van der Waals surface area (Å²) in [5, 5.41) is 5.32. The summed E-state index contributed by atoms with van der Waals surface area (Å²) in [7, 11) is 0. The highest BCUT2D eigenvalue weighted by molar-refractivity contribution is 5.83. The molecule has 1 aliphatic carbocycles. The fraction of sp³-hybridized carbons (Fsp3) is 0.526. The molecule has 1 saturated carbocycles. The highest BCUT2D eigenvalue weighted by Crippen LogP contribution is 2.24. The molecule has 0 unspecified atom stereocenters. The van der Waals surface area contributed by atoms with Crippen molar-refractivity contribution in [3.05, 3.63) is 24.6 Å². The minimum absolute atomic E-state index is 0.680. The molecule has 2 heterocycles. The monoisotopic (exact) mass is 353 g/mol. The van der Waals surface area contributed by atoms with Crippen molar-refractivity contribution in [1.29, 1.82) is 0 Å². The first-order valence-electron chi connectivity index (χ1n) is 9.30. The lowest BCUT2D eigenvalue weighted by molar-refractivity contribution is 0.227. The number of nitrogens with zero attached hydrogens (tertiary/aromatic N) is 5. The van der Waals surface area contributed by atoms with Crippen molar-refractivity contribution in [1.82, 2.24) is 30.0 Å². The Morgan fingerprint density at radius 2 is 2.15 bits per heavy atom. The normalized spacial score (nSPS) is 15.7. The van der Waals surface area contributed by atoms with Gasteiger partial charge in [-0.15, -0.1) is 0 Å². The van der Waals surface area contributed by atoms with Crippen molar-refractivity contribution < 1.29 is 0 Å². The van der Waals surface area contributed by atoms with Crippen LogP contribution in [0.2, 0.25) is 0 Å². The van der Waals surface area contributed by atoms with Crippen LogP contribution in [0.15, 0.2) is 24.6 Å². The summed E-state index contributed by atoms with van der Waals surface area (Å²) in [5.74, 6) is 1.38. The zero-order valence-corrected chi connectivity index (χ0v) is 15.6. The summed E-state index contributed by atoms with van der Waals surface area (Å²) in [6.07, 6.45) is 17.3. The Morgan fingerprint density at radius 1 is 1.35 bits per heavy atom. The second kappa shape index (κ2) is 8.56. The Hall–Kier alpha value is -2.75. The van der Waals surface area contributed by atoms with Gasteiger partial charge >= 0.3 is 0 Å². The maximum absolute atomic E-state index is 5.47. The average molecular weight is 353 g/mol. The number of fused-ring (bicyclic) bond motifs is 1. The number of anilines is 1. The molecule has 0 aliphatic heterocycles. The van der Waals surface area contributed by atoms with E-state index in [9.17, 15) is 0 Å². The van der Waals surface area contributed by atoms with Gasteiger partial charge in [-0.2, -0.15) is 0 Å². The van der Waals surface area contributed by atoms with Crippen molar-refractivity contribution in [3.8, 4) is 12.5 Å². The second-order valence-corrected chi connectivity index (χ2v) is 6.77. The van der Waals surface area contributed by atoms with Crippen molar-refractivity contribution >= 4 is 17.0 Å². The molecule has 26 heavy (non-hydrogen) atoms. The van der Waals surface area contributed by atoms with E-state index in [-0.39, 0.29) is 0 Å². The number of allylic oxidation sites excluding steroid dienone is 1. The van der Waals surface area contributed by atoms with E-state index in [1.165, 1.54) is 32.1 Å². The second-order valence-electron chi connectivity index (χ2n) is 6.77. The summed E-state index contributed by atoms with van der Waals surface area (Å²) in [4.78, 5) is 13.1. The minimum atomic E-state index is 0.680. The molecule has 0 spiro atoms. The molecule has 0 saturated heterocycles. The molecule has 7 nitrogen and oxygen atoms in total. The summed E-state index contributed by atoms with van der Waals surface area (Å²) < 4.78 is 2.00. The highest BCUT2D eigenvalue weighted by atomic mass is 15.5. The summed E-state index contributed by atoms with van der Waals surface area (Å²) in [5.41, 5.74) is 5.53. The van der Waals surface area contributed by atoms with Crippen LogP contribution in [0.4, 0.5) is 5.82 Å². The van der Waals surface area contributed by atoms with E-state index >= 15 is 0 Å². The number of hydrogen-bond donors (Lipinski definition) is 2. The van der Waals surface area contributed by atoms with E-state index in [0.29, 0.717) is 11.7 Å². The molecule has 0 amide bonds. The van der Waals surface area contributed by atoms with Gasteiger partial charge in [0, 0.05) is 31.0 Å². The lowest BCUT2D eigenvalue weighted by Crippen LogP contribution is -2.35. The largest absolute Gasteiger partial charge is 0.341 e. The smallest absolute Gasteiger partial charge is 0.165 e. The number of hydrogen-bond acceptors (Lipinski definition) is 6. The summed E-state index contributed by atoms with van der Waals surface area (Å²) in [6.45, 7) is 5.79. The zero-order valence-electron chi connectivity index (χ0n) is 15.6. The fourth-order valence-electron chi connectivity index (χ4n) is 3.52. The number of aromatic nitrogens is 4. The number of rotatable bonds is 7. The van der Waals surface area contributed by atoms with Crippen LogP contribution in [-0.4, -0.2) is 31.1 Å². The molecule has 138 valence electrons. The Bertz CT molecular complexity index is 796. The highest BCUT2D eigenvalue weighted by Gasteiger charge is 2.16. The van der Waals surface area contributed by atoms with Crippen LogP contribution < -0.4 is 10.7 Å². The van der Waals surface area contributed by atoms with E-state index in [1.807, 2.05) is 22.7 Å². The van der Waals surface area contributed by atoms with Gasteiger partial charge in [-0.3, -0.25) is 10.4 Å². The molecule has 1 aliphatic rings. The standard InChI is InChI=1S/C19H27N7/c1-4-23-26(12-16-9-7-6-8-10-16)11-15(3)24-18-17-19(21-13-20-18)25(5-2)14-22-17/h1,11,13-14,16,23H,5-10,12H2,2-3H3,(H,20,21,24)/b15-11+. The van der Waals surface area contributed by atoms with Gasteiger partial charge in [0.05, 0.1) is 6.33 Å². The molecule has 2 aromatic heterocycles. The average Bonchev–Trinajstić information content (AvgIpc) is 3.07. The first-order valence-corrected chi connectivity index (χ1v) is 9.30. The Labute approximate surface area is 154 Å². The molecule has 1 fully saturated rings. The third kappa shape index (κ3) is 4.26. The van der Waals surface area contributed by atoms with E-state index < -0.39 is 0 Å². The molecular weight excluding hydrogens is 326 g/mol. The van der Waals surface area contributed by atoms with Gasteiger partial charge in [0.15, 0.2) is 17.0 Å². The first kappa shape index (κ1) is 18.1. The maximum Gasteiger partial charge on any atom is 0.165 e. The van der Waals surface area contributed by atoms with Gasteiger partial charge in [0.25, 0.3) is 0 Å².